The Bertz CT molecular complexity index is 1000. The van der Waals surface area contributed by atoms with Crippen molar-refractivity contribution in [3.8, 4) is 0 Å². The number of aryl methyl sites for hydroxylation is 3. The fraction of sp³-hybridized carbons (Fsp3) is 0.391. The number of aromatic nitrogens is 2. The molecule has 3 heterocycles. The number of hydrogen-bond donors (Lipinski definition) is 2. The Balaban J connectivity index is 1.50. The average molecular weight is 377 g/mol. The number of benzene rings is 1. The Labute approximate surface area is 165 Å². The van der Waals surface area contributed by atoms with Gasteiger partial charge in [-0.3, -0.25) is 9.78 Å². The first-order chi connectivity index (χ1) is 13.5. The number of aliphatic hydroxyl groups is 1. The third kappa shape index (κ3) is 3.20. The number of H-pyrrole nitrogens is 1. The molecule has 1 aliphatic rings. The van der Waals surface area contributed by atoms with Gasteiger partial charge in [-0.25, -0.2) is 0 Å². The topological polar surface area (TPSA) is 69.2 Å². The molecule has 1 atom stereocenters. The molecular formula is C23H27N3O2. The molecule has 1 aliphatic heterocycles. The van der Waals surface area contributed by atoms with Crippen molar-refractivity contribution in [2.24, 2.45) is 5.92 Å². The van der Waals surface area contributed by atoms with Crippen LogP contribution in [0.25, 0.3) is 10.9 Å². The van der Waals surface area contributed by atoms with Gasteiger partial charge in [-0.15, -0.1) is 0 Å². The van der Waals surface area contributed by atoms with E-state index in [0.29, 0.717) is 24.5 Å². The van der Waals surface area contributed by atoms with Crippen LogP contribution in [0.15, 0.2) is 36.5 Å². The average Bonchev–Trinajstić information content (AvgIpc) is 3.09. The van der Waals surface area contributed by atoms with Gasteiger partial charge in [0, 0.05) is 30.2 Å². The Hall–Kier alpha value is -2.66. The highest BCUT2D eigenvalue weighted by atomic mass is 16.3. The van der Waals surface area contributed by atoms with Gasteiger partial charge in [0.05, 0.1) is 11.8 Å². The molecule has 4 rings (SSSR count). The first kappa shape index (κ1) is 18.7. The molecule has 0 radical (unpaired) electrons. The number of nitrogens with zero attached hydrogens (tertiary/aromatic N) is 2. The summed E-state index contributed by atoms with van der Waals surface area (Å²) < 4.78 is 0. The van der Waals surface area contributed by atoms with Crippen LogP contribution in [-0.4, -0.2) is 39.0 Å². The quantitative estimate of drug-likeness (QED) is 0.723. The highest BCUT2D eigenvalue weighted by Gasteiger charge is 2.30. The summed E-state index contributed by atoms with van der Waals surface area (Å²) in [6.45, 7) is 7.48. The minimum absolute atomic E-state index is 0.0540. The number of carbonyl (C=O) groups is 1. The summed E-state index contributed by atoms with van der Waals surface area (Å²) >= 11 is 0. The van der Waals surface area contributed by atoms with Crippen LogP contribution in [-0.2, 0) is 0 Å². The van der Waals surface area contributed by atoms with Gasteiger partial charge in [0.25, 0.3) is 5.91 Å². The standard InChI is InChI=1S/C23H27N3O2/c1-14-7-8-15(2)20-19(14)16(3)21(25-20)23(28)26-12-9-17(10-13-26)22(27)18-6-4-5-11-24-18/h4-8,11,17,22,25,27H,9-10,12-13H2,1-3H3/t22-/m0/s1. The van der Waals surface area contributed by atoms with E-state index in [1.54, 1.807) is 6.20 Å². The number of amides is 1. The first-order valence-corrected chi connectivity index (χ1v) is 9.94. The summed E-state index contributed by atoms with van der Waals surface area (Å²) in [5, 5.41) is 11.8. The molecule has 2 aromatic heterocycles. The molecule has 1 amide bonds. The number of piperidine rings is 1. The molecule has 5 heteroatoms. The van der Waals surface area contributed by atoms with Gasteiger partial charge in [-0.1, -0.05) is 18.2 Å². The first-order valence-electron chi connectivity index (χ1n) is 9.94. The number of nitrogens with one attached hydrogen (secondary N) is 1. The van der Waals surface area contributed by atoms with E-state index in [-0.39, 0.29) is 11.8 Å². The Morgan fingerprint density at radius 1 is 1.14 bits per heavy atom. The zero-order valence-electron chi connectivity index (χ0n) is 16.7. The molecule has 0 bridgehead atoms. The second-order valence-corrected chi connectivity index (χ2v) is 7.90. The second kappa shape index (κ2) is 7.40. The van der Waals surface area contributed by atoms with Crippen molar-refractivity contribution >= 4 is 16.8 Å². The van der Waals surface area contributed by atoms with Gasteiger partial charge >= 0.3 is 0 Å². The number of pyridine rings is 1. The lowest BCUT2D eigenvalue weighted by atomic mass is 9.89. The molecule has 0 saturated carbocycles. The lowest BCUT2D eigenvalue weighted by molar-refractivity contribution is 0.0444. The maximum atomic E-state index is 13.2. The van der Waals surface area contributed by atoms with E-state index < -0.39 is 6.10 Å². The number of carbonyl (C=O) groups excluding carboxylic acids is 1. The van der Waals surface area contributed by atoms with E-state index in [1.807, 2.05) is 30.0 Å². The smallest absolute Gasteiger partial charge is 0.270 e. The number of aliphatic hydroxyl groups excluding tert-OH is 1. The molecule has 1 aromatic carbocycles. The zero-order chi connectivity index (χ0) is 19.8. The van der Waals surface area contributed by atoms with E-state index >= 15 is 0 Å². The molecule has 146 valence electrons. The number of aromatic amines is 1. The molecule has 1 fully saturated rings. The van der Waals surface area contributed by atoms with Crippen LogP contribution in [0.4, 0.5) is 0 Å². The molecule has 0 unspecified atom stereocenters. The maximum Gasteiger partial charge on any atom is 0.270 e. The summed E-state index contributed by atoms with van der Waals surface area (Å²) in [6, 6.07) is 9.81. The fourth-order valence-corrected chi connectivity index (χ4v) is 4.38. The SMILES string of the molecule is Cc1ccc(C)c2c(C)c(C(=O)N3CCC([C@H](O)c4ccccn4)CC3)[nH]c12. The maximum absolute atomic E-state index is 13.2. The fourth-order valence-electron chi connectivity index (χ4n) is 4.38. The van der Waals surface area contributed by atoms with Crippen LogP contribution in [0.5, 0.6) is 0 Å². The van der Waals surface area contributed by atoms with Crippen molar-refractivity contribution in [2.75, 3.05) is 13.1 Å². The lowest BCUT2D eigenvalue weighted by Crippen LogP contribution is -2.40. The van der Waals surface area contributed by atoms with Crippen molar-refractivity contribution in [2.45, 2.75) is 39.7 Å². The van der Waals surface area contributed by atoms with Gasteiger partial charge < -0.3 is 15.0 Å². The summed E-state index contributed by atoms with van der Waals surface area (Å²) in [4.78, 5) is 22.7. The van der Waals surface area contributed by atoms with Crippen molar-refractivity contribution < 1.29 is 9.90 Å². The third-order valence-corrected chi connectivity index (χ3v) is 6.10. The van der Waals surface area contributed by atoms with E-state index in [4.69, 9.17) is 0 Å². The minimum atomic E-state index is -0.571. The van der Waals surface area contributed by atoms with Crippen molar-refractivity contribution in [1.29, 1.82) is 0 Å². The third-order valence-electron chi connectivity index (χ3n) is 6.10. The molecular weight excluding hydrogens is 350 g/mol. The molecule has 28 heavy (non-hydrogen) atoms. The summed E-state index contributed by atoms with van der Waals surface area (Å²) in [5.41, 5.74) is 5.82. The Morgan fingerprint density at radius 3 is 2.50 bits per heavy atom. The summed E-state index contributed by atoms with van der Waals surface area (Å²) in [7, 11) is 0. The van der Waals surface area contributed by atoms with E-state index in [1.165, 1.54) is 5.56 Å². The number of likely N-dealkylation sites (tertiary alicyclic amines) is 1. The van der Waals surface area contributed by atoms with Gasteiger partial charge in [0.2, 0.25) is 0 Å². The highest BCUT2D eigenvalue weighted by molar-refractivity contribution is 6.02. The van der Waals surface area contributed by atoms with Crippen molar-refractivity contribution in [1.82, 2.24) is 14.9 Å². The van der Waals surface area contributed by atoms with Crippen molar-refractivity contribution in [3.63, 3.8) is 0 Å². The number of fused-ring (bicyclic) bond motifs is 1. The van der Waals surface area contributed by atoms with Gasteiger partial charge in [-0.2, -0.15) is 0 Å². The predicted molar refractivity (Wildman–Crippen MR) is 110 cm³/mol. The van der Waals surface area contributed by atoms with Crippen LogP contribution in [0.1, 0.15) is 51.8 Å². The van der Waals surface area contributed by atoms with Gasteiger partial charge in [0.15, 0.2) is 0 Å². The molecule has 5 nitrogen and oxygen atoms in total. The van der Waals surface area contributed by atoms with E-state index in [2.05, 4.69) is 35.9 Å². The molecule has 1 saturated heterocycles. The predicted octanol–water partition coefficient (Wildman–Crippen LogP) is 4.07. The van der Waals surface area contributed by atoms with Crippen LogP contribution in [0.3, 0.4) is 0 Å². The molecule has 2 N–H and O–H groups in total. The van der Waals surface area contributed by atoms with E-state index in [9.17, 15) is 9.90 Å². The second-order valence-electron chi connectivity index (χ2n) is 7.90. The molecule has 0 aliphatic carbocycles. The summed E-state index contributed by atoms with van der Waals surface area (Å²) in [6.07, 6.45) is 2.69. The monoisotopic (exact) mass is 377 g/mol. The normalized spacial score (nSPS) is 16.5. The van der Waals surface area contributed by atoms with Crippen LogP contribution in [0, 0.1) is 26.7 Å². The molecule has 0 spiro atoms. The Kier molecular flexibility index (Phi) is 4.94. The van der Waals surface area contributed by atoms with Gasteiger partial charge in [0.1, 0.15) is 5.69 Å². The van der Waals surface area contributed by atoms with Crippen LogP contribution < -0.4 is 0 Å². The molecule has 3 aromatic rings. The highest BCUT2D eigenvalue weighted by Crippen LogP contribution is 2.32. The lowest BCUT2D eigenvalue weighted by Gasteiger charge is -2.34. The Morgan fingerprint density at radius 2 is 1.86 bits per heavy atom. The van der Waals surface area contributed by atoms with Gasteiger partial charge in [-0.05, 0) is 68.4 Å². The largest absolute Gasteiger partial charge is 0.387 e. The summed E-state index contributed by atoms with van der Waals surface area (Å²) in [5.74, 6) is 0.186. The zero-order valence-corrected chi connectivity index (χ0v) is 16.7. The van der Waals surface area contributed by atoms with E-state index in [0.717, 1.165) is 34.9 Å². The van der Waals surface area contributed by atoms with Crippen LogP contribution >= 0.6 is 0 Å². The van der Waals surface area contributed by atoms with Crippen molar-refractivity contribution in [3.05, 3.63) is 64.6 Å². The number of rotatable bonds is 3. The minimum Gasteiger partial charge on any atom is -0.387 e. The number of hydrogen-bond acceptors (Lipinski definition) is 3. The van der Waals surface area contributed by atoms with Crippen LogP contribution in [0.2, 0.25) is 0 Å².